The summed E-state index contributed by atoms with van der Waals surface area (Å²) in [6, 6.07) is 16.5. The first-order valence-corrected chi connectivity index (χ1v) is 12.6. The predicted molar refractivity (Wildman–Crippen MR) is 140 cm³/mol. The molecule has 0 spiro atoms. The first-order chi connectivity index (χ1) is 14.7. The molecule has 3 aromatic rings. The number of benzene rings is 3. The molecule has 0 aliphatic rings. The van der Waals surface area contributed by atoms with Gasteiger partial charge < -0.3 is 10.2 Å². The van der Waals surface area contributed by atoms with E-state index in [9.17, 15) is 10.2 Å². The van der Waals surface area contributed by atoms with Gasteiger partial charge in [-0.15, -0.1) is 0 Å². The summed E-state index contributed by atoms with van der Waals surface area (Å²) >= 11 is 0. The molecular formula is C29H37O2P. The van der Waals surface area contributed by atoms with Crippen LogP contribution in [0, 0.1) is 20.8 Å². The molecule has 32 heavy (non-hydrogen) atoms. The molecule has 0 saturated heterocycles. The lowest BCUT2D eigenvalue weighted by atomic mass is 9.86. The van der Waals surface area contributed by atoms with Gasteiger partial charge in [0.25, 0.3) is 0 Å². The number of hydrogen-bond acceptors (Lipinski definition) is 2. The smallest absolute Gasteiger partial charge is 0.127 e. The summed E-state index contributed by atoms with van der Waals surface area (Å²) in [5.41, 5.74) is 5.08. The third-order valence-electron chi connectivity index (χ3n) is 5.99. The molecule has 0 aromatic heterocycles. The van der Waals surface area contributed by atoms with Crippen molar-refractivity contribution in [2.24, 2.45) is 0 Å². The second kappa shape index (κ2) is 8.56. The predicted octanol–water partition coefficient (Wildman–Crippen LogP) is 6.38. The fraction of sp³-hybridized carbons (Fsp3) is 0.379. The van der Waals surface area contributed by atoms with Crippen molar-refractivity contribution in [3.8, 4) is 11.5 Å². The van der Waals surface area contributed by atoms with Crippen LogP contribution in [-0.2, 0) is 10.8 Å². The van der Waals surface area contributed by atoms with Gasteiger partial charge in [-0.25, -0.2) is 0 Å². The molecule has 3 aromatic carbocycles. The zero-order valence-corrected chi connectivity index (χ0v) is 21.9. The van der Waals surface area contributed by atoms with Crippen LogP contribution in [0.15, 0.2) is 48.5 Å². The number of hydrogen-bond donors (Lipinski definition) is 2. The van der Waals surface area contributed by atoms with E-state index in [1.807, 2.05) is 36.4 Å². The van der Waals surface area contributed by atoms with Gasteiger partial charge in [0.05, 0.1) is 0 Å². The Hall–Kier alpha value is -2.31. The van der Waals surface area contributed by atoms with Crippen molar-refractivity contribution >= 4 is 23.8 Å². The van der Waals surface area contributed by atoms with Gasteiger partial charge in [0.15, 0.2) is 0 Å². The molecule has 0 aliphatic heterocycles. The highest BCUT2D eigenvalue weighted by atomic mass is 31.1. The molecule has 0 atom stereocenters. The van der Waals surface area contributed by atoms with Gasteiger partial charge in [0.2, 0.25) is 0 Å². The number of aryl methyl sites for hydroxylation is 3. The Morgan fingerprint density at radius 2 is 1.00 bits per heavy atom. The second-order valence-corrected chi connectivity index (χ2v) is 13.0. The van der Waals surface area contributed by atoms with Crippen molar-refractivity contribution in [2.45, 2.75) is 73.1 Å². The van der Waals surface area contributed by atoms with Crippen molar-refractivity contribution in [1.29, 1.82) is 0 Å². The molecule has 0 heterocycles. The van der Waals surface area contributed by atoms with Crippen LogP contribution in [0.5, 0.6) is 11.5 Å². The first kappa shape index (κ1) is 24.3. The minimum Gasteiger partial charge on any atom is -0.507 e. The van der Waals surface area contributed by atoms with Gasteiger partial charge >= 0.3 is 0 Å². The Balaban J connectivity index is 2.42. The van der Waals surface area contributed by atoms with Gasteiger partial charge in [0.1, 0.15) is 11.5 Å². The summed E-state index contributed by atoms with van der Waals surface area (Å²) < 4.78 is 0. The molecule has 170 valence electrons. The van der Waals surface area contributed by atoms with E-state index in [1.165, 1.54) is 22.0 Å². The molecule has 2 N–H and O–H groups in total. The van der Waals surface area contributed by atoms with Crippen LogP contribution in [0.25, 0.3) is 0 Å². The van der Waals surface area contributed by atoms with Crippen LogP contribution < -0.4 is 15.9 Å². The fourth-order valence-corrected chi connectivity index (χ4v) is 7.24. The number of aromatic hydroxyl groups is 2. The van der Waals surface area contributed by atoms with Crippen molar-refractivity contribution in [1.82, 2.24) is 0 Å². The third-order valence-corrected chi connectivity index (χ3v) is 8.82. The van der Waals surface area contributed by atoms with E-state index in [4.69, 9.17) is 0 Å². The summed E-state index contributed by atoms with van der Waals surface area (Å²) in [6.45, 7) is 19.1. The Kier molecular flexibility index (Phi) is 6.51. The Morgan fingerprint density at radius 3 is 1.34 bits per heavy atom. The van der Waals surface area contributed by atoms with Crippen LogP contribution in [-0.4, -0.2) is 10.2 Å². The van der Waals surface area contributed by atoms with E-state index in [0.717, 1.165) is 21.7 Å². The molecule has 3 heteroatoms. The first-order valence-electron chi connectivity index (χ1n) is 11.3. The number of rotatable bonds is 3. The highest BCUT2D eigenvalue weighted by Gasteiger charge is 2.31. The number of phenols is 2. The van der Waals surface area contributed by atoms with Crippen LogP contribution in [0.4, 0.5) is 0 Å². The molecule has 3 rings (SSSR count). The summed E-state index contributed by atoms with van der Waals surface area (Å²) in [5.74, 6) is 0.678. The Morgan fingerprint density at radius 1 is 0.625 bits per heavy atom. The van der Waals surface area contributed by atoms with Gasteiger partial charge in [0, 0.05) is 10.6 Å². The maximum absolute atomic E-state index is 11.5. The van der Waals surface area contributed by atoms with Gasteiger partial charge in [-0.3, -0.25) is 0 Å². The highest BCUT2D eigenvalue weighted by molar-refractivity contribution is 7.80. The molecule has 0 amide bonds. The van der Waals surface area contributed by atoms with E-state index in [0.29, 0.717) is 11.5 Å². The van der Waals surface area contributed by atoms with E-state index in [2.05, 4.69) is 74.4 Å². The van der Waals surface area contributed by atoms with E-state index >= 15 is 0 Å². The van der Waals surface area contributed by atoms with Gasteiger partial charge in [-0.1, -0.05) is 95.6 Å². The summed E-state index contributed by atoms with van der Waals surface area (Å²) in [4.78, 5) is 0. The van der Waals surface area contributed by atoms with E-state index in [-0.39, 0.29) is 10.8 Å². The Bertz CT molecular complexity index is 1060. The van der Waals surface area contributed by atoms with Crippen LogP contribution >= 0.6 is 7.92 Å². The average Bonchev–Trinajstić information content (AvgIpc) is 2.64. The maximum atomic E-state index is 11.5. The zero-order chi connectivity index (χ0) is 24.0. The van der Waals surface area contributed by atoms with Crippen molar-refractivity contribution in [3.05, 3.63) is 76.3 Å². The van der Waals surface area contributed by atoms with Crippen molar-refractivity contribution < 1.29 is 10.2 Å². The largest absolute Gasteiger partial charge is 0.507 e. The fourth-order valence-electron chi connectivity index (χ4n) is 4.53. The topological polar surface area (TPSA) is 40.5 Å². The number of para-hydroxylation sites is 2. The summed E-state index contributed by atoms with van der Waals surface area (Å²) in [7, 11) is -1.17. The molecule has 0 aliphatic carbocycles. The molecule has 0 saturated carbocycles. The van der Waals surface area contributed by atoms with E-state index < -0.39 is 7.92 Å². The minimum atomic E-state index is -1.17. The van der Waals surface area contributed by atoms with Crippen LogP contribution in [0.3, 0.4) is 0 Å². The molecule has 0 radical (unpaired) electrons. The lowest BCUT2D eigenvalue weighted by Gasteiger charge is -2.30. The second-order valence-electron chi connectivity index (χ2n) is 10.9. The number of phenolic OH excluding ortho intramolecular Hbond substituents is 2. The molecule has 0 unspecified atom stereocenters. The lowest BCUT2D eigenvalue weighted by molar-refractivity contribution is 0.450. The molecule has 0 fully saturated rings. The van der Waals surface area contributed by atoms with Crippen LogP contribution in [0.1, 0.15) is 69.4 Å². The highest BCUT2D eigenvalue weighted by Crippen LogP contribution is 2.45. The van der Waals surface area contributed by atoms with E-state index in [1.54, 1.807) is 0 Å². The normalized spacial score (nSPS) is 12.4. The zero-order valence-electron chi connectivity index (χ0n) is 21.0. The Labute approximate surface area is 195 Å². The van der Waals surface area contributed by atoms with Crippen molar-refractivity contribution in [3.63, 3.8) is 0 Å². The maximum Gasteiger partial charge on any atom is 0.127 e. The monoisotopic (exact) mass is 448 g/mol. The molecule has 2 nitrogen and oxygen atoms in total. The lowest BCUT2D eigenvalue weighted by Crippen LogP contribution is -2.27. The van der Waals surface area contributed by atoms with Gasteiger partial charge in [-0.2, -0.15) is 0 Å². The molecule has 0 bridgehead atoms. The SMILES string of the molecule is Cc1cc(C)c(P(c2cccc(C(C)(C)C)c2O)c2cccc(C(C)(C)C)c2O)c(C)c1. The standard InChI is InChI=1S/C29H37O2P/c1-18-16-19(2)27(20(3)17-18)32(23-14-10-12-21(25(23)30)28(4,5)6)24-15-11-13-22(26(24)31)29(7,8)9/h10-17,30-31H,1-9H3. The molecular weight excluding hydrogens is 411 g/mol. The van der Waals surface area contributed by atoms with Crippen molar-refractivity contribution in [2.75, 3.05) is 0 Å². The summed E-state index contributed by atoms with van der Waals surface area (Å²) in [6.07, 6.45) is 0. The minimum absolute atomic E-state index is 0.187. The van der Waals surface area contributed by atoms with Crippen LogP contribution in [0.2, 0.25) is 0 Å². The average molecular weight is 449 g/mol. The van der Waals surface area contributed by atoms with Gasteiger partial charge in [-0.05, 0) is 67.1 Å². The quantitative estimate of drug-likeness (QED) is 0.457. The third kappa shape index (κ3) is 4.57. The summed E-state index contributed by atoms with van der Waals surface area (Å²) in [5, 5.41) is 26.0.